The fourth-order valence-electron chi connectivity index (χ4n) is 3.12. The monoisotopic (exact) mass is 510 g/mol. The second kappa shape index (κ2) is 9.60. The maximum atomic E-state index is 12.3. The summed E-state index contributed by atoms with van der Waals surface area (Å²) in [6, 6.07) is 12.7. The number of carbonyl (C=O) groups excluding carboxylic acids is 1. The van der Waals surface area contributed by atoms with Gasteiger partial charge in [-0.1, -0.05) is 23.7 Å². The van der Waals surface area contributed by atoms with E-state index in [9.17, 15) is 35.1 Å². The topological polar surface area (TPSA) is 177 Å². The van der Waals surface area contributed by atoms with Crippen molar-refractivity contribution < 1.29 is 29.0 Å². The van der Waals surface area contributed by atoms with Crippen LogP contribution in [0.15, 0.2) is 71.4 Å². The molecular weight excluding hydrogens is 500 g/mol. The molecule has 180 valence electrons. The average molecular weight is 511 g/mol. The first-order chi connectivity index (χ1) is 17.1. The van der Waals surface area contributed by atoms with Crippen molar-refractivity contribution in [3.8, 4) is 11.5 Å². The van der Waals surface area contributed by atoms with Gasteiger partial charge in [0.1, 0.15) is 5.75 Å². The van der Waals surface area contributed by atoms with Crippen molar-refractivity contribution in [1.82, 2.24) is 0 Å². The summed E-state index contributed by atoms with van der Waals surface area (Å²) in [6.45, 7) is 0. The summed E-state index contributed by atoms with van der Waals surface area (Å²) in [7, 11) is 0. The van der Waals surface area contributed by atoms with Gasteiger partial charge in [0.2, 0.25) is 11.6 Å². The number of rotatable bonds is 7. The summed E-state index contributed by atoms with van der Waals surface area (Å²) < 4.78 is 10.7. The lowest BCUT2D eigenvalue weighted by molar-refractivity contribution is -0.394. The van der Waals surface area contributed by atoms with Crippen molar-refractivity contribution in [2.75, 3.05) is 0 Å². The number of aliphatic imine (C=N–C) groups is 1. The van der Waals surface area contributed by atoms with Gasteiger partial charge >= 0.3 is 11.7 Å². The number of cyclic esters (lactones) is 1. The molecule has 14 heteroatoms. The Balaban J connectivity index is 1.61. The third kappa shape index (κ3) is 5.00. The summed E-state index contributed by atoms with van der Waals surface area (Å²) in [5.74, 6) is -1.00. The van der Waals surface area contributed by atoms with Gasteiger partial charge in [-0.2, -0.15) is 0 Å². The first-order valence-electron chi connectivity index (χ1n) is 9.80. The second-order valence-corrected chi connectivity index (χ2v) is 7.51. The van der Waals surface area contributed by atoms with E-state index in [4.69, 9.17) is 21.1 Å². The van der Waals surface area contributed by atoms with E-state index in [1.807, 2.05) is 0 Å². The second-order valence-electron chi connectivity index (χ2n) is 7.10. The van der Waals surface area contributed by atoms with Crippen LogP contribution in [0, 0.1) is 30.3 Å². The highest BCUT2D eigenvalue weighted by atomic mass is 35.5. The lowest BCUT2D eigenvalue weighted by atomic mass is 10.2. The zero-order chi connectivity index (χ0) is 26.0. The molecule has 13 nitrogen and oxygen atoms in total. The van der Waals surface area contributed by atoms with Gasteiger partial charge in [0, 0.05) is 18.2 Å². The van der Waals surface area contributed by atoms with E-state index in [2.05, 4.69) is 4.99 Å². The summed E-state index contributed by atoms with van der Waals surface area (Å²) in [5, 5.41) is 33.1. The number of hydrogen-bond acceptors (Lipinski definition) is 10. The minimum absolute atomic E-state index is 0.0305. The van der Waals surface area contributed by atoms with Crippen molar-refractivity contribution >= 4 is 46.6 Å². The minimum atomic E-state index is -0.803. The van der Waals surface area contributed by atoms with Crippen LogP contribution in [0.25, 0.3) is 6.08 Å². The fraction of sp³-hybridized carbons (Fsp3) is 0. The zero-order valence-electron chi connectivity index (χ0n) is 17.7. The van der Waals surface area contributed by atoms with E-state index in [0.29, 0.717) is 5.56 Å². The molecule has 0 saturated carbocycles. The summed E-state index contributed by atoms with van der Waals surface area (Å²) in [4.78, 5) is 47.4. The van der Waals surface area contributed by atoms with E-state index in [1.165, 1.54) is 30.3 Å². The smallest absolute Gasteiger partial charge is 0.363 e. The van der Waals surface area contributed by atoms with Gasteiger partial charge in [-0.3, -0.25) is 30.3 Å². The van der Waals surface area contributed by atoms with E-state index in [-0.39, 0.29) is 39.4 Å². The van der Waals surface area contributed by atoms with Crippen molar-refractivity contribution in [3.63, 3.8) is 0 Å². The standard InChI is InChI=1S/C22H11ClN4O9/c23-17-10-13(25(29)30)4-6-16(17)21-24-18(22(28)36-21)9-12-2-1-3-15(8-12)35-20-7-5-14(26(31)32)11-19(20)27(33)34/h1-11H/b18-9-. The molecule has 1 aliphatic rings. The predicted octanol–water partition coefficient (Wildman–Crippen LogP) is 5.20. The Morgan fingerprint density at radius 2 is 1.58 bits per heavy atom. The third-order valence-corrected chi connectivity index (χ3v) is 5.07. The molecule has 0 amide bonds. The Morgan fingerprint density at radius 3 is 2.25 bits per heavy atom. The molecule has 36 heavy (non-hydrogen) atoms. The zero-order valence-corrected chi connectivity index (χ0v) is 18.4. The number of esters is 1. The summed E-state index contributed by atoms with van der Waals surface area (Å²) >= 11 is 6.07. The Kier molecular flexibility index (Phi) is 6.39. The number of hydrogen-bond donors (Lipinski definition) is 0. The number of non-ortho nitro benzene ring substituents is 2. The van der Waals surface area contributed by atoms with Crippen molar-refractivity contribution in [2.45, 2.75) is 0 Å². The molecule has 1 aliphatic heterocycles. The van der Waals surface area contributed by atoms with E-state index in [0.717, 1.165) is 24.3 Å². The molecule has 0 spiro atoms. The Labute approximate surface area is 205 Å². The molecule has 0 atom stereocenters. The maximum Gasteiger partial charge on any atom is 0.363 e. The molecular formula is C22H11ClN4O9. The van der Waals surface area contributed by atoms with Crippen LogP contribution < -0.4 is 4.74 Å². The maximum absolute atomic E-state index is 12.3. The molecule has 0 unspecified atom stereocenters. The van der Waals surface area contributed by atoms with E-state index < -0.39 is 32.1 Å². The van der Waals surface area contributed by atoms with Gasteiger partial charge in [-0.25, -0.2) is 9.79 Å². The van der Waals surface area contributed by atoms with E-state index >= 15 is 0 Å². The number of ether oxygens (including phenoxy) is 2. The Hall–Kier alpha value is -5.17. The number of benzene rings is 3. The largest absolute Gasteiger partial charge is 0.450 e. The minimum Gasteiger partial charge on any atom is -0.450 e. The summed E-state index contributed by atoms with van der Waals surface area (Å²) in [6.07, 6.45) is 1.37. The SMILES string of the molecule is O=C1OC(c2ccc([N+](=O)[O-])cc2Cl)=N/C1=C\c1cccc(Oc2ccc([N+](=O)[O-])cc2[N+](=O)[O-])c1. The van der Waals surface area contributed by atoms with Gasteiger partial charge < -0.3 is 9.47 Å². The first kappa shape index (κ1) is 24.0. The van der Waals surface area contributed by atoms with Gasteiger partial charge in [-0.15, -0.1) is 0 Å². The highest BCUT2D eigenvalue weighted by molar-refractivity contribution is 6.34. The van der Waals surface area contributed by atoms with E-state index in [1.54, 1.807) is 12.1 Å². The Morgan fingerprint density at radius 1 is 0.889 bits per heavy atom. The molecule has 1 heterocycles. The number of carbonyl (C=O) groups is 1. The van der Waals surface area contributed by atoms with Gasteiger partial charge in [-0.05, 0) is 35.9 Å². The van der Waals surface area contributed by atoms with Crippen molar-refractivity contribution in [2.24, 2.45) is 4.99 Å². The van der Waals surface area contributed by atoms with Crippen LogP contribution in [0.1, 0.15) is 11.1 Å². The van der Waals surface area contributed by atoms with Crippen LogP contribution >= 0.6 is 11.6 Å². The molecule has 0 N–H and O–H groups in total. The third-order valence-electron chi connectivity index (χ3n) is 4.75. The predicted molar refractivity (Wildman–Crippen MR) is 125 cm³/mol. The van der Waals surface area contributed by atoms with Crippen LogP contribution in [-0.2, 0) is 9.53 Å². The number of nitro benzene ring substituents is 3. The lowest BCUT2D eigenvalue weighted by Crippen LogP contribution is -2.06. The highest BCUT2D eigenvalue weighted by Gasteiger charge is 2.27. The molecule has 3 aromatic rings. The van der Waals surface area contributed by atoms with Gasteiger partial charge in [0.05, 0.1) is 31.4 Å². The molecule has 0 fully saturated rings. The molecule has 0 aliphatic carbocycles. The van der Waals surface area contributed by atoms with Crippen LogP contribution in [-0.4, -0.2) is 26.6 Å². The van der Waals surface area contributed by atoms with Crippen molar-refractivity contribution in [3.05, 3.63) is 113 Å². The molecule has 0 aromatic heterocycles. The highest BCUT2D eigenvalue weighted by Crippen LogP contribution is 2.35. The van der Waals surface area contributed by atoms with Crippen LogP contribution in [0.3, 0.4) is 0 Å². The van der Waals surface area contributed by atoms with Crippen LogP contribution in [0.5, 0.6) is 11.5 Å². The lowest BCUT2D eigenvalue weighted by Gasteiger charge is -2.07. The number of halogens is 1. The molecule has 4 rings (SSSR count). The molecule has 0 bridgehead atoms. The normalized spacial score (nSPS) is 13.8. The first-order valence-corrected chi connectivity index (χ1v) is 10.2. The fourth-order valence-corrected chi connectivity index (χ4v) is 3.37. The average Bonchev–Trinajstić information content (AvgIpc) is 3.18. The Bertz CT molecular complexity index is 1520. The molecule has 0 saturated heterocycles. The summed E-state index contributed by atoms with van der Waals surface area (Å²) in [5.41, 5.74) is -0.798. The quantitative estimate of drug-likeness (QED) is 0.179. The van der Waals surface area contributed by atoms with Crippen molar-refractivity contribution in [1.29, 1.82) is 0 Å². The van der Waals surface area contributed by atoms with Crippen LogP contribution in [0.4, 0.5) is 17.1 Å². The van der Waals surface area contributed by atoms with Gasteiger partial charge in [0.15, 0.2) is 5.70 Å². The number of nitro groups is 3. The number of nitrogens with zero attached hydrogens (tertiary/aromatic N) is 4. The van der Waals surface area contributed by atoms with Crippen LogP contribution in [0.2, 0.25) is 5.02 Å². The van der Waals surface area contributed by atoms with Gasteiger partial charge in [0.25, 0.3) is 11.4 Å². The molecule has 3 aromatic carbocycles. The molecule has 0 radical (unpaired) electrons.